The van der Waals surface area contributed by atoms with Gasteiger partial charge in [-0.2, -0.15) is 13.2 Å². The Kier molecular flexibility index (Phi) is 5.75. The van der Waals surface area contributed by atoms with Gasteiger partial charge in [-0.1, -0.05) is 6.08 Å². The Morgan fingerprint density at radius 3 is 2.70 bits per heavy atom. The second-order valence-electron chi connectivity index (χ2n) is 3.67. The standard InChI is InChI=1S/C11H14F3N3OS2/c1-3-4-16-9(18)7-6(15)8(19-2)10(20-7)17-5-11(12,13)14/h3,17H,1,4-5,15H2,2H3,(H,16,18). The van der Waals surface area contributed by atoms with E-state index in [1.54, 1.807) is 6.26 Å². The number of nitrogens with two attached hydrogens (primary N) is 1. The van der Waals surface area contributed by atoms with E-state index in [0.717, 1.165) is 11.3 Å². The third kappa shape index (κ3) is 4.34. The summed E-state index contributed by atoms with van der Waals surface area (Å²) in [7, 11) is 0. The summed E-state index contributed by atoms with van der Waals surface area (Å²) in [5, 5.41) is 5.06. The van der Waals surface area contributed by atoms with Crippen LogP contribution in [0.1, 0.15) is 9.67 Å². The van der Waals surface area contributed by atoms with Crippen LogP contribution in [0.15, 0.2) is 17.6 Å². The molecule has 4 nitrogen and oxygen atoms in total. The third-order valence-corrected chi connectivity index (χ3v) is 4.29. The smallest absolute Gasteiger partial charge is 0.396 e. The number of anilines is 2. The lowest BCUT2D eigenvalue weighted by Crippen LogP contribution is -2.23. The lowest BCUT2D eigenvalue weighted by molar-refractivity contribution is -0.115. The van der Waals surface area contributed by atoms with E-state index in [0.29, 0.717) is 4.90 Å². The summed E-state index contributed by atoms with van der Waals surface area (Å²) >= 11 is 2.10. The average Bonchev–Trinajstić information content (AvgIpc) is 2.69. The molecule has 0 aliphatic rings. The van der Waals surface area contributed by atoms with Gasteiger partial charge in [-0.15, -0.1) is 29.7 Å². The molecule has 0 bridgehead atoms. The minimum atomic E-state index is -4.33. The van der Waals surface area contributed by atoms with E-state index >= 15 is 0 Å². The Morgan fingerprint density at radius 1 is 1.55 bits per heavy atom. The predicted molar refractivity (Wildman–Crippen MR) is 77.6 cm³/mol. The number of hydrogen-bond acceptors (Lipinski definition) is 5. The first-order valence-electron chi connectivity index (χ1n) is 5.46. The van der Waals surface area contributed by atoms with Gasteiger partial charge in [0.2, 0.25) is 0 Å². The molecule has 0 saturated heterocycles. The lowest BCUT2D eigenvalue weighted by Gasteiger charge is -2.08. The quantitative estimate of drug-likeness (QED) is 0.556. The van der Waals surface area contributed by atoms with Crippen molar-refractivity contribution in [3.8, 4) is 0 Å². The maximum atomic E-state index is 12.2. The largest absolute Gasteiger partial charge is 0.405 e. The molecule has 0 aliphatic carbocycles. The van der Waals surface area contributed by atoms with Gasteiger partial charge >= 0.3 is 6.18 Å². The van der Waals surface area contributed by atoms with Crippen LogP contribution in [-0.4, -0.2) is 31.4 Å². The van der Waals surface area contributed by atoms with Crippen LogP contribution in [0.25, 0.3) is 0 Å². The number of nitrogen functional groups attached to an aromatic ring is 1. The van der Waals surface area contributed by atoms with Gasteiger partial charge in [0.05, 0.1) is 10.6 Å². The molecule has 1 aromatic heterocycles. The zero-order valence-corrected chi connectivity index (χ0v) is 12.3. The van der Waals surface area contributed by atoms with Gasteiger partial charge < -0.3 is 16.4 Å². The molecule has 0 aromatic carbocycles. The molecule has 0 radical (unpaired) electrons. The number of thioether (sulfide) groups is 1. The van der Waals surface area contributed by atoms with Crippen molar-refractivity contribution in [2.24, 2.45) is 0 Å². The van der Waals surface area contributed by atoms with Crippen molar-refractivity contribution >= 4 is 39.7 Å². The Balaban J connectivity index is 2.96. The third-order valence-electron chi connectivity index (χ3n) is 2.17. The molecular weight excluding hydrogens is 311 g/mol. The van der Waals surface area contributed by atoms with Crippen LogP contribution in [-0.2, 0) is 0 Å². The first kappa shape index (κ1) is 16.7. The monoisotopic (exact) mass is 325 g/mol. The molecule has 0 atom stereocenters. The van der Waals surface area contributed by atoms with E-state index < -0.39 is 18.6 Å². The van der Waals surface area contributed by atoms with Crippen LogP contribution in [0, 0.1) is 0 Å². The van der Waals surface area contributed by atoms with Crippen molar-refractivity contribution in [1.29, 1.82) is 0 Å². The van der Waals surface area contributed by atoms with E-state index in [-0.39, 0.29) is 22.1 Å². The fraction of sp³-hybridized carbons (Fsp3) is 0.364. The van der Waals surface area contributed by atoms with Gasteiger partial charge in [0.15, 0.2) is 0 Å². The number of hydrogen-bond donors (Lipinski definition) is 3. The molecule has 0 unspecified atom stereocenters. The normalized spacial score (nSPS) is 11.2. The molecular formula is C11H14F3N3OS2. The van der Waals surface area contributed by atoms with Crippen molar-refractivity contribution in [2.75, 3.05) is 30.4 Å². The van der Waals surface area contributed by atoms with Crippen molar-refractivity contribution in [2.45, 2.75) is 11.1 Å². The first-order valence-corrected chi connectivity index (χ1v) is 7.50. The Labute approximate surface area is 122 Å². The fourth-order valence-corrected chi connectivity index (χ4v) is 3.29. The van der Waals surface area contributed by atoms with E-state index in [1.807, 2.05) is 0 Å². The summed E-state index contributed by atoms with van der Waals surface area (Å²) in [6.45, 7) is 2.55. The van der Waals surface area contributed by atoms with Crippen LogP contribution in [0.3, 0.4) is 0 Å². The van der Waals surface area contributed by atoms with Gasteiger partial charge in [-0.05, 0) is 6.26 Å². The number of carbonyl (C=O) groups excluding carboxylic acids is 1. The molecule has 0 fully saturated rings. The predicted octanol–water partition coefficient (Wildman–Crippen LogP) is 2.94. The summed E-state index contributed by atoms with van der Waals surface area (Å²) < 4.78 is 36.7. The maximum Gasteiger partial charge on any atom is 0.405 e. The molecule has 4 N–H and O–H groups in total. The number of amides is 1. The van der Waals surface area contributed by atoms with Crippen LogP contribution < -0.4 is 16.4 Å². The molecule has 20 heavy (non-hydrogen) atoms. The molecule has 0 saturated carbocycles. The van der Waals surface area contributed by atoms with Gasteiger partial charge in [0.25, 0.3) is 5.91 Å². The Hall–Kier alpha value is -1.35. The summed E-state index contributed by atoms with van der Waals surface area (Å²) in [6, 6.07) is 0. The minimum absolute atomic E-state index is 0.189. The number of carbonyl (C=O) groups is 1. The van der Waals surface area contributed by atoms with E-state index in [9.17, 15) is 18.0 Å². The Bertz CT molecular complexity index is 500. The second-order valence-corrected chi connectivity index (χ2v) is 5.51. The number of halogens is 3. The number of nitrogens with one attached hydrogen (secondary N) is 2. The molecule has 1 amide bonds. The second kappa shape index (κ2) is 6.89. The number of alkyl halides is 3. The van der Waals surface area contributed by atoms with Crippen molar-refractivity contribution in [3.05, 3.63) is 17.5 Å². The number of thiophene rings is 1. The van der Waals surface area contributed by atoms with Crippen LogP contribution in [0.4, 0.5) is 23.9 Å². The van der Waals surface area contributed by atoms with Gasteiger partial charge in [-0.3, -0.25) is 4.79 Å². The highest BCUT2D eigenvalue weighted by atomic mass is 32.2. The van der Waals surface area contributed by atoms with Crippen LogP contribution >= 0.6 is 23.1 Å². The maximum absolute atomic E-state index is 12.2. The summed E-state index contributed by atoms with van der Waals surface area (Å²) in [5.74, 6) is -0.428. The number of rotatable bonds is 6. The molecule has 1 rings (SSSR count). The molecule has 0 spiro atoms. The zero-order valence-electron chi connectivity index (χ0n) is 10.6. The van der Waals surface area contributed by atoms with Crippen LogP contribution in [0.5, 0.6) is 0 Å². The van der Waals surface area contributed by atoms with Crippen molar-refractivity contribution < 1.29 is 18.0 Å². The SMILES string of the molecule is C=CCNC(=O)c1sc(NCC(F)(F)F)c(SC)c1N. The Morgan fingerprint density at radius 2 is 2.20 bits per heavy atom. The van der Waals surface area contributed by atoms with Gasteiger partial charge in [0, 0.05) is 6.54 Å². The molecule has 1 aromatic rings. The molecule has 112 valence electrons. The molecule has 9 heteroatoms. The fourth-order valence-electron chi connectivity index (χ4n) is 1.34. The summed E-state index contributed by atoms with van der Waals surface area (Å²) in [5.41, 5.74) is 6.00. The lowest BCUT2D eigenvalue weighted by atomic mass is 10.3. The van der Waals surface area contributed by atoms with Crippen molar-refractivity contribution in [3.63, 3.8) is 0 Å². The van der Waals surface area contributed by atoms with Crippen LogP contribution in [0.2, 0.25) is 0 Å². The topological polar surface area (TPSA) is 67.2 Å². The van der Waals surface area contributed by atoms with E-state index in [2.05, 4.69) is 17.2 Å². The minimum Gasteiger partial charge on any atom is -0.396 e. The first-order chi connectivity index (χ1) is 9.30. The van der Waals surface area contributed by atoms with E-state index in [1.165, 1.54) is 17.8 Å². The highest BCUT2D eigenvalue weighted by Crippen LogP contribution is 2.41. The van der Waals surface area contributed by atoms with Crippen molar-refractivity contribution in [1.82, 2.24) is 5.32 Å². The average molecular weight is 325 g/mol. The van der Waals surface area contributed by atoms with Gasteiger partial charge in [-0.25, -0.2) is 0 Å². The highest BCUT2D eigenvalue weighted by molar-refractivity contribution is 7.99. The highest BCUT2D eigenvalue weighted by Gasteiger charge is 2.28. The van der Waals surface area contributed by atoms with E-state index in [4.69, 9.17) is 5.73 Å². The van der Waals surface area contributed by atoms with Gasteiger partial charge in [0.1, 0.15) is 16.4 Å². The molecule has 1 heterocycles. The zero-order chi connectivity index (χ0) is 15.3. The summed E-state index contributed by atoms with van der Waals surface area (Å²) in [6.07, 6.45) is -1.15. The molecule has 0 aliphatic heterocycles. The summed E-state index contributed by atoms with van der Waals surface area (Å²) in [4.78, 5) is 12.5.